The number of nitrogens with zero attached hydrogens (tertiary/aromatic N) is 1. The van der Waals surface area contributed by atoms with E-state index >= 15 is 0 Å². The molecule has 3 nitrogen and oxygen atoms in total. The van der Waals surface area contributed by atoms with Crippen LogP contribution in [0.15, 0.2) is 12.1 Å². The second kappa shape index (κ2) is 5.47. The molecular weight excluding hydrogens is 174 g/mol. The summed E-state index contributed by atoms with van der Waals surface area (Å²) in [6.45, 7) is 5.25. The van der Waals surface area contributed by atoms with Crippen molar-refractivity contribution in [2.75, 3.05) is 24.2 Å². The van der Waals surface area contributed by atoms with Crippen molar-refractivity contribution in [1.82, 2.24) is 4.98 Å². The third kappa shape index (κ3) is 2.91. The van der Waals surface area contributed by atoms with E-state index in [1.807, 2.05) is 13.1 Å². The first-order valence-electron chi connectivity index (χ1n) is 5.17. The predicted molar refractivity (Wildman–Crippen MR) is 61.9 cm³/mol. The Morgan fingerprint density at radius 2 is 2.14 bits per heavy atom. The summed E-state index contributed by atoms with van der Waals surface area (Å²) in [7, 11) is 1.88. The van der Waals surface area contributed by atoms with Crippen molar-refractivity contribution in [2.45, 2.75) is 26.7 Å². The molecule has 0 aliphatic carbocycles. The number of unbranched alkanes of at least 4 members (excludes halogenated alkanes) is 1. The minimum Gasteiger partial charge on any atom is -0.373 e. The summed E-state index contributed by atoms with van der Waals surface area (Å²) in [6, 6.07) is 4.06. The lowest BCUT2D eigenvalue weighted by atomic mass is 10.2. The first-order valence-corrected chi connectivity index (χ1v) is 5.17. The van der Waals surface area contributed by atoms with Gasteiger partial charge in [0.25, 0.3) is 0 Å². The van der Waals surface area contributed by atoms with Gasteiger partial charge in [-0.25, -0.2) is 4.98 Å². The summed E-state index contributed by atoms with van der Waals surface area (Å²) in [4.78, 5) is 4.44. The Morgan fingerprint density at radius 3 is 2.79 bits per heavy atom. The Balaban J connectivity index is 2.64. The van der Waals surface area contributed by atoms with Gasteiger partial charge in [0.15, 0.2) is 0 Å². The molecule has 1 aromatic rings. The van der Waals surface area contributed by atoms with Gasteiger partial charge in [-0.15, -0.1) is 0 Å². The molecule has 0 bridgehead atoms. The smallest absolute Gasteiger partial charge is 0.131 e. The quantitative estimate of drug-likeness (QED) is 0.706. The molecule has 0 fully saturated rings. The first-order chi connectivity index (χ1) is 6.77. The number of pyridine rings is 1. The van der Waals surface area contributed by atoms with Gasteiger partial charge in [-0.1, -0.05) is 19.4 Å². The maximum absolute atomic E-state index is 4.44. The fraction of sp³-hybridized carbons (Fsp3) is 0.545. The SMILES string of the molecule is CCCCNc1nc(NC)ccc1C. The van der Waals surface area contributed by atoms with Gasteiger partial charge in [0.1, 0.15) is 11.6 Å². The van der Waals surface area contributed by atoms with E-state index in [0.717, 1.165) is 18.2 Å². The van der Waals surface area contributed by atoms with Crippen molar-refractivity contribution < 1.29 is 0 Å². The minimum absolute atomic E-state index is 0.912. The van der Waals surface area contributed by atoms with Crippen molar-refractivity contribution >= 4 is 11.6 Å². The number of nitrogens with one attached hydrogen (secondary N) is 2. The predicted octanol–water partition coefficient (Wildman–Crippen LogP) is 2.64. The van der Waals surface area contributed by atoms with Crippen LogP contribution in [0.2, 0.25) is 0 Å². The maximum Gasteiger partial charge on any atom is 0.131 e. The molecule has 0 amide bonds. The van der Waals surface area contributed by atoms with Crippen molar-refractivity contribution in [3.63, 3.8) is 0 Å². The number of hydrogen-bond acceptors (Lipinski definition) is 3. The van der Waals surface area contributed by atoms with Crippen LogP contribution in [0.25, 0.3) is 0 Å². The van der Waals surface area contributed by atoms with Crippen molar-refractivity contribution in [3.8, 4) is 0 Å². The fourth-order valence-electron chi connectivity index (χ4n) is 1.23. The van der Waals surface area contributed by atoms with Gasteiger partial charge in [0.2, 0.25) is 0 Å². The van der Waals surface area contributed by atoms with Gasteiger partial charge < -0.3 is 10.6 Å². The second-order valence-corrected chi connectivity index (χ2v) is 3.39. The number of anilines is 2. The topological polar surface area (TPSA) is 37.0 Å². The summed E-state index contributed by atoms with van der Waals surface area (Å²) in [5.41, 5.74) is 1.19. The van der Waals surface area contributed by atoms with Crippen LogP contribution in [-0.2, 0) is 0 Å². The lowest BCUT2D eigenvalue weighted by Gasteiger charge is -2.09. The molecule has 0 aliphatic heterocycles. The highest BCUT2D eigenvalue weighted by molar-refractivity contribution is 5.50. The van der Waals surface area contributed by atoms with Crippen LogP contribution in [0.5, 0.6) is 0 Å². The zero-order chi connectivity index (χ0) is 10.4. The molecule has 1 aromatic heterocycles. The number of aryl methyl sites for hydroxylation is 1. The summed E-state index contributed by atoms with van der Waals surface area (Å²) >= 11 is 0. The highest BCUT2D eigenvalue weighted by atomic mass is 15.0. The van der Waals surface area contributed by atoms with Crippen molar-refractivity contribution in [1.29, 1.82) is 0 Å². The monoisotopic (exact) mass is 193 g/mol. The largest absolute Gasteiger partial charge is 0.373 e. The molecule has 0 aliphatic rings. The standard InChI is InChI=1S/C11H19N3/c1-4-5-8-13-11-9(2)6-7-10(12-3)14-11/h6-7H,4-5,8H2,1-3H3,(H2,12,13,14). The number of aromatic nitrogens is 1. The van der Waals surface area contributed by atoms with Crippen LogP contribution in [0.1, 0.15) is 25.3 Å². The zero-order valence-corrected chi connectivity index (χ0v) is 9.22. The van der Waals surface area contributed by atoms with Crippen LogP contribution in [0, 0.1) is 6.92 Å². The van der Waals surface area contributed by atoms with Crippen LogP contribution < -0.4 is 10.6 Å². The normalized spacial score (nSPS) is 9.93. The summed E-state index contributed by atoms with van der Waals surface area (Å²) in [5.74, 6) is 1.90. The zero-order valence-electron chi connectivity index (χ0n) is 9.22. The van der Waals surface area contributed by atoms with Gasteiger partial charge in [0.05, 0.1) is 0 Å². The van der Waals surface area contributed by atoms with E-state index in [-0.39, 0.29) is 0 Å². The van der Waals surface area contributed by atoms with E-state index in [1.165, 1.54) is 18.4 Å². The molecule has 0 saturated carbocycles. The third-order valence-corrected chi connectivity index (χ3v) is 2.18. The van der Waals surface area contributed by atoms with Crippen LogP contribution in [-0.4, -0.2) is 18.6 Å². The molecule has 3 heteroatoms. The summed E-state index contributed by atoms with van der Waals surface area (Å²) in [6.07, 6.45) is 2.39. The number of hydrogen-bond donors (Lipinski definition) is 2. The Kier molecular flexibility index (Phi) is 4.23. The Bertz CT molecular complexity index is 284. The summed E-state index contributed by atoms with van der Waals surface area (Å²) in [5, 5.41) is 6.37. The third-order valence-electron chi connectivity index (χ3n) is 2.18. The molecule has 0 aromatic carbocycles. The molecule has 0 unspecified atom stereocenters. The molecule has 0 saturated heterocycles. The molecule has 0 atom stereocenters. The second-order valence-electron chi connectivity index (χ2n) is 3.39. The highest BCUT2D eigenvalue weighted by Gasteiger charge is 1.99. The van der Waals surface area contributed by atoms with Crippen LogP contribution in [0.4, 0.5) is 11.6 Å². The van der Waals surface area contributed by atoms with E-state index < -0.39 is 0 Å². The van der Waals surface area contributed by atoms with Gasteiger partial charge in [-0.2, -0.15) is 0 Å². The molecule has 14 heavy (non-hydrogen) atoms. The van der Waals surface area contributed by atoms with Crippen molar-refractivity contribution in [2.24, 2.45) is 0 Å². The fourth-order valence-corrected chi connectivity index (χ4v) is 1.23. The van der Waals surface area contributed by atoms with Gasteiger partial charge in [0, 0.05) is 13.6 Å². The van der Waals surface area contributed by atoms with Crippen LogP contribution in [0.3, 0.4) is 0 Å². The molecule has 1 heterocycles. The highest BCUT2D eigenvalue weighted by Crippen LogP contribution is 2.14. The lowest BCUT2D eigenvalue weighted by Crippen LogP contribution is -2.05. The average Bonchev–Trinajstić information content (AvgIpc) is 2.21. The molecule has 0 spiro atoms. The summed E-state index contributed by atoms with van der Waals surface area (Å²) < 4.78 is 0. The Morgan fingerprint density at radius 1 is 1.36 bits per heavy atom. The molecular formula is C11H19N3. The van der Waals surface area contributed by atoms with Gasteiger partial charge >= 0.3 is 0 Å². The molecule has 0 radical (unpaired) electrons. The Labute approximate surface area is 85.9 Å². The van der Waals surface area contributed by atoms with E-state index in [0.29, 0.717) is 0 Å². The minimum atomic E-state index is 0.912. The van der Waals surface area contributed by atoms with E-state index in [2.05, 4.69) is 35.5 Å². The molecule has 1 rings (SSSR count). The van der Waals surface area contributed by atoms with Crippen molar-refractivity contribution in [3.05, 3.63) is 17.7 Å². The Hall–Kier alpha value is -1.25. The lowest BCUT2D eigenvalue weighted by molar-refractivity contribution is 0.830. The molecule has 78 valence electrons. The number of rotatable bonds is 5. The first kappa shape index (κ1) is 10.8. The van der Waals surface area contributed by atoms with Gasteiger partial charge in [-0.05, 0) is 25.0 Å². The van der Waals surface area contributed by atoms with E-state index in [1.54, 1.807) is 0 Å². The van der Waals surface area contributed by atoms with E-state index in [9.17, 15) is 0 Å². The van der Waals surface area contributed by atoms with E-state index in [4.69, 9.17) is 0 Å². The van der Waals surface area contributed by atoms with Gasteiger partial charge in [-0.3, -0.25) is 0 Å². The van der Waals surface area contributed by atoms with Crippen LogP contribution >= 0.6 is 0 Å². The molecule has 2 N–H and O–H groups in total. The maximum atomic E-state index is 4.44. The average molecular weight is 193 g/mol.